The smallest absolute Gasteiger partial charge is 0.333 e. The highest BCUT2D eigenvalue weighted by molar-refractivity contribution is 5.87. The van der Waals surface area contributed by atoms with E-state index in [0.29, 0.717) is 22.8 Å². The number of benzene rings is 1. The van der Waals surface area contributed by atoms with Gasteiger partial charge >= 0.3 is 5.97 Å². The van der Waals surface area contributed by atoms with Crippen molar-refractivity contribution in [2.75, 3.05) is 27.9 Å². The molecule has 0 fully saturated rings. The Labute approximate surface area is 119 Å². The normalized spacial score (nSPS) is 10.9. The molecule has 0 bridgehead atoms. The second-order valence-corrected chi connectivity index (χ2v) is 4.19. The third kappa shape index (κ3) is 3.91. The van der Waals surface area contributed by atoms with Gasteiger partial charge in [0, 0.05) is 5.57 Å². The van der Waals surface area contributed by atoms with Crippen molar-refractivity contribution >= 4 is 5.97 Å². The molecule has 0 saturated heterocycles. The second kappa shape index (κ2) is 7.43. The van der Waals surface area contributed by atoms with E-state index in [4.69, 9.17) is 14.2 Å². The lowest BCUT2D eigenvalue weighted by Crippen LogP contribution is -2.05. The molecule has 20 heavy (non-hydrogen) atoms. The van der Waals surface area contributed by atoms with Gasteiger partial charge in [-0.2, -0.15) is 0 Å². The van der Waals surface area contributed by atoms with Crippen molar-refractivity contribution in [1.82, 2.24) is 0 Å². The largest absolute Gasteiger partial charge is 0.493 e. The molecular weight excluding hydrogens is 260 g/mol. The van der Waals surface area contributed by atoms with E-state index in [0.717, 1.165) is 5.56 Å². The van der Waals surface area contributed by atoms with Crippen molar-refractivity contribution < 1.29 is 23.7 Å². The second-order valence-electron chi connectivity index (χ2n) is 4.19. The number of carbonyl (C=O) groups excluding carboxylic acids is 1. The third-order valence-electron chi connectivity index (χ3n) is 2.73. The summed E-state index contributed by atoms with van der Waals surface area (Å²) in [5.74, 6) is 1.31. The summed E-state index contributed by atoms with van der Waals surface area (Å²) < 4.78 is 20.8. The number of ether oxygens (including phenoxy) is 4. The number of rotatable bonds is 6. The van der Waals surface area contributed by atoms with Gasteiger partial charge in [-0.05, 0) is 37.6 Å². The Hall–Kier alpha value is -2.17. The molecule has 5 nitrogen and oxygen atoms in total. The number of aryl methyl sites for hydroxylation is 1. The summed E-state index contributed by atoms with van der Waals surface area (Å²) in [5.41, 5.74) is 1.49. The fourth-order valence-corrected chi connectivity index (χ4v) is 1.65. The van der Waals surface area contributed by atoms with E-state index < -0.39 is 0 Å². The summed E-state index contributed by atoms with van der Waals surface area (Å²) in [6, 6.07) is 3.71. The molecule has 0 N–H and O–H groups in total. The molecule has 1 aromatic carbocycles. The van der Waals surface area contributed by atoms with Crippen LogP contribution < -0.4 is 14.2 Å². The van der Waals surface area contributed by atoms with Gasteiger partial charge in [-0.1, -0.05) is 0 Å². The van der Waals surface area contributed by atoms with Crippen molar-refractivity contribution in [3.8, 4) is 17.2 Å². The van der Waals surface area contributed by atoms with Crippen LogP contribution in [0.5, 0.6) is 17.2 Å². The van der Waals surface area contributed by atoms with Crippen LogP contribution in [0.15, 0.2) is 23.8 Å². The Balaban J connectivity index is 2.89. The minimum Gasteiger partial charge on any atom is -0.493 e. The highest BCUT2D eigenvalue weighted by atomic mass is 16.5. The lowest BCUT2D eigenvalue weighted by atomic mass is 10.2. The van der Waals surface area contributed by atoms with E-state index in [1.165, 1.54) is 7.11 Å². The van der Waals surface area contributed by atoms with E-state index in [1.54, 1.807) is 27.2 Å². The number of esters is 1. The van der Waals surface area contributed by atoms with E-state index in [9.17, 15) is 4.79 Å². The first-order valence-electron chi connectivity index (χ1n) is 6.14. The van der Waals surface area contributed by atoms with Gasteiger partial charge in [-0.25, -0.2) is 4.79 Å². The molecule has 1 aromatic rings. The molecule has 5 heteroatoms. The Morgan fingerprint density at radius 1 is 1.15 bits per heavy atom. The van der Waals surface area contributed by atoms with Crippen molar-refractivity contribution in [2.45, 2.75) is 13.8 Å². The summed E-state index contributed by atoms with van der Waals surface area (Å²) in [4.78, 5) is 11.2. The van der Waals surface area contributed by atoms with Gasteiger partial charge in [0.1, 0.15) is 6.61 Å². The van der Waals surface area contributed by atoms with Crippen LogP contribution in [0, 0.1) is 6.92 Å². The molecule has 0 amide bonds. The maximum absolute atomic E-state index is 11.2. The summed E-state index contributed by atoms with van der Waals surface area (Å²) >= 11 is 0. The number of carbonyl (C=O) groups is 1. The zero-order valence-corrected chi connectivity index (χ0v) is 12.5. The Bertz CT molecular complexity index is 480. The summed E-state index contributed by atoms with van der Waals surface area (Å²) in [7, 11) is 4.47. The van der Waals surface area contributed by atoms with Crippen molar-refractivity contribution in [1.29, 1.82) is 0 Å². The van der Waals surface area contributed by atoms with Crippen LogP contribution in [-0.2, 0) is 9.53 Å². The molecule has 0 aromatic heterocycles. The average molecular weight is 280 g/mol. The monoisotopic (exact) mass is 280 g/mol. The number of hydrogen-bond donors (Lipinski definition) is 0. The fraction of sp³-hybridized carbons (Fsp3) is 0.400. The van der Waals surface area contributed by atoms with Crippen molar-refractivity contribution in [2.24, 2.45) is 0 Å². The molecule has 0 radical (unpaired) electrons. The molecule has 0 aliphatic carbocycles. The van der Waals surface area contributed by atoms with Gasteiger partial charge < -0.3 is 18.9 Å². The molecule has 1 rings (SSSR count). The van der Waals surface area contributed by atoms with Gasteiger partial charge in [-0.15, -0.1) is 0 Å². The zero-order chi connectivity index (χ0) is 15.1. The molecule has 0 unspecified atom stereocenters. The fourth-order valence-electron chi connectivity index (χ4n) is 1.65. The van der Waals surface area contributed by atoms with Gasteiger partial charge in [0.05, 0.1) is 21.3 Å². The minimum atomic E-state index is -0.378. The van der Waals surface area contributed by atoms with Gasteiger partial charge in [-0.3, -0.25) is 0 Å². The molecular formula is C15H20O5. The molecule has 0 saturated carbocycles. The van der Waals surface area contributed by atoms with Crippen LogP contribution in [0.2, 0.25) is 0 Å². The zero-order valence-electron chi connectivity index (χ0n) is 12.5. The maximum atomic E-state index is 11.2. The topological polar surface area (TPSA) is 54.0 Å². The summed E-state index contributed by atoms with van der Waals surface area (Å²) in [5, 5.41) is 0. The van der Waals surface area contributed by atoms with Gasteiger partial charge in [0.25, 0.3) is 0 Å². The van der Waals surface area contributed by atoms with Crippen LogP contribution in [0.3, 0.4) is 0 Å². The first-order chi connectivity index (χ1) is 9.53. The first-order valence-corrected chi connectivity index (χ1v) is 6.14. The standard InChI is InChI=1S/C15H20O5/c1-10-8-12(17-3)14(13(9-10)18-4)20-7-6-11(2)15(16)19-5/h6,8-9H,7H2,1-5H3. The van der Waals surface area contributed by atoms with E-state index >= 15 is 0 Å². The first kappa shape index (κ1) is 15.9. The summed E-state index contributed by atoms with van der Waals surface area (Å²) in [6.07, 6.45) is 1.64. The molecule has 110 valence electrons. The van der Waals surface area contributed by atoms with E-state index in [-0.39, 0.29) is 12.6 Å². The Morgan fingerprint density at radius 3 is 2.15 bits per heavy atom. The third-order valence-corrected chi connectivity index (χ3v) is 2.73. The van der Waals surface area contributed by atoms with Crippen molar-refractivity contribution in [3.63, 3.8) is 0 Å². The predicted molar refractivity (Wildman–Crippen MR) is 75.6 cm³/mol. The summed E-state index contributed by atoms with van der Waals surface area (Å²) in [6.45, 7) is 3.83. The SMILES string of the molecule is COC(=O)C(C)=CCOc1c(OC)cc(C)cc1OC. The highest BCUT2D eigenvalue weighted by Crippen LogP contribution is 2.38. The van der Waals surface area contributed by atoms with Crippen LogP contribution in [0.25, 0.3) is 0 Å². The van der Waals surface area contributed by atoms with Crippen LogP contribution in [0.4, 0.5) is 0 Å². The maximum Gasteiger partial charge on any atom is 0.333 e. The number of methoxy groups -OCH3 is 3. The lowest BCUT2D eigenvalue weighted by molar-refractivity contribution is -0.136. The predicted octanol–water partition coefficient (Wildman–Crippen LogP) is 2.51. The Morgan fingerprint density at radius 2 is 1.70 bits per heavy atom. The number of hydrogen-bond acceptors (Lipinski definition) is 5. The molecule has 0 atom stereocenters. The van der Waals surface area contributed by atoms with Crippen LogP contribution in [-0.4, -0.2) is 33.9 Å². The molecule has 0 aliphatic rings. The minimum absolute atomic E-state index is 0.219. The Kier molecular flexibility index (Phi) is 5.90. The molecule has 0 spiro atoms. The van der Waals surface area contributed by atoms with Gasteiger partial charge in [0.15, 0.2) is 11.5 Å². The van der Waals surface area contributed by atoms with Gasteiger partial charge in [0.2, 0.25) is 5.75 Å². The van der Waals surface area contributed by atoms with E-state index in [2.05, 4.69) is 4.74 Å². The highest BCUT2D eigenvalue weighted by Gasteiger charge is 2.12. The molecule has 0 aliphatic heterocycles. The average Bonchev–Trinajstić information content (AvgIpc) is 2.46. The van der Waals surface area contributed by atoms with E-state index in [1.807, 2.05) is 19.1 Å². The lowest BCUT2D eigenvalue weighted by Gasteiger charge is -2.14. The van der Waals surface area contributed by atoms with Crippen LogP contribution in [0.1, 0.15) is 12.5 Å². The molecule has 0 heterocycles. The van der Waals surface area contributed by atoms with Crippen molar-refractivity contribution in [3.05, 3.63) is 29.3 Å². The quantitative estimate of drug-likeness (QED) is 0.592. The van der Waals surface area contributed by atoms with Crippen LogP contribution >= 0.6 is 0 Å².